The monoisotopic (exact) mass is 300 g/mol. The average molecular weight is 301 g/mol. The fraction of sp³-hybridized carbons (Fsp3) is 0.714. The van der Waals surface area contributed by atoms with E-state index in [2.05, 4.69) is 10.00 Å². The minimum Gasteiger partial charge on any atom is -0.330 e. The van der Waals surface area contributed by atoms with Gasteiger partial charge in [-0.3, -0.25) is 9.48 Å². The first-order chi connectivity index (χ1) is 9.56. The smallest absolute Gasteiger partial charge is 0.182 e. The lowest BCUT2D eigenvalue weighted by molar-refractivity contribution is 0.0968. The lowest BCUT2D eigenvalue weighted by Crippen LogP contribution is -2.21. The number of hydrogen-bond donors (Lipinski definition) is 1. The third-order valence-electron chi connectivity index (χ3n) is 3.18. The van der Waals surface area contributed by atoms with Crippen LogP contribution in [0.3, 0.4) is 0 Å². The highest BCUT2D eigenvalue weighted by Gasteiger charge is 2.16. The van der Waals surface area contributed by atoms with Crippen molar-refractivity contribution in [3.05, 3.63) is 16.9 Å². The van der Waals surface area contributed by atoms with E-state index < -0.39 is 0 Å². The Balaban J connectivity index is 2.51. The van der Waals surface area contributed by atoms with Crippen LogP contribution in [0.25, 0.3) is 0 Å². The highest BCUT2D eigenvalue weighted by Crippen LogP contribution is 2.18. The molecule has 0 aliphatic heterocycles. The van der Waals surface area contributed by atoms with Crippen molar-refractivity contribution in [1.29, 1.82) is 0 Å². The molecule has 0 bridgehead atoms. The van der Waals surface area contributed by atoms with E-state index >= 15 is 0 Å². The predicted octanol–water partition coefficient (Wildman–Crippen LogP) is 2.19. The molecule has 20 heavy (non-hydrogen) atoms. The zero-order chi connectivity index (χ0) is 15.0. The topological polar surface area (TPSA) is 64.2 Å². The predicted molar refractivity (Wildman–Crippen MR) is 82.3 cm³/mol. The molecule has 0 amide bonds. The van der Waals surface area contributed by atoms with Crippen molar-refractivity contribution < 1.29 is 4.79 Å². The number of aromatic nitrogens is 2. The zero-order valence-corrected chi connectivity index (χ0v) is 13.2. The van der Waals surface area contributed by atoms with Crippen molar-refractivity contribution in [2.45, 2.75) is 38.6 Å². The van der Waals surface area contributed by atoms with Gasteiger partial charge in [0, 0.05) is 13.0 Å². The van der Waals surface area contributed by atoms with E-state index in [0.29, 0.717) is 23.7 Å². The van der Waals surface area contributed by atoms with Gasteiger partial charge in [0.15, 0.2) is 5.78 Å². The van der Waals surface area contributed by atoms with Gasteiger partial charge in [-0.2, -0.15) is 5.10 Å². The number of likely N-dealkylation sites (N-methyl/N-ethyl adjacent to an activating group) is 1. The third kappa shape index (κ3) is 5.61. The number of nitrogens with two attached hydrogens (primary N) is 1. The maximum Gasteiger partial charge on any atom is 0.182 e. The number of hydrogen-bond acceptors (Lipinski definition) is 4. The van der Waals surface area contributed by atoms with E-state index in [1.165, 1.54) is 0 Å². The van der Waals surface area contributed by atoms with Gasteiger partial charge in [-0.15, -0.1) is 0 Å². The molecule has 1 rings (SSSR count). The summed E-state index contributed by atoms with van der Waals surface area (Å²) in [7, 11) is 3.98. The Morgan fingerprint density at radius 2 is 2.05 bits per heavy atom. The molecular formula is C14H25ClN4O. The van der Waals surface area contributed by atoms with E-state index in [1.807, 2.05) is 14.1 Å². The molecule has 2 N–H and O–H groups in total. The standard InChI is InChI=1S/C14H25ClN4O/c1-18(2)9-10-19-14(12(15)11-17-19)13(20)7-5-3-4-6-8-16/h11H,3-10,16H2,1-2H3. The van der Waals surface area contributed by atoms with Crippen molar-refractivity contribution in [2.24, 2.45) is 5.73 Å². The molecule has 114 valence electrons. The van der Waals surface area contributed by atoms with Crippen LogP contribution in [0.2, 0.25) is 5.02 Å². The van der Waals surface area contributed by atoms with Crippen LogP contribution >= 0.6 is 11.6 Å². The Kier molecular flexibility index (Phi) is 7.80. The van der Waals surface area contributed by atoms with Crippen LogP contribution in [0.1, 0.15) is 42.6 Å². The molecule has 0 atom stereocenters. The molecule has 6 heteroatoms. The Morgan fingerprint density at radius 3 is 2.70 bits per heavy atom. The molecule has 0 fully saturated rings. The van der Waals surface area contributed by atoms with Crippen LogP contribution in [0.15, 0.2) is 6.20 Å². The minimum atomic E-state index is 0.0824. The summed E-state index contributed by atoms with van der Waals surface area (Å²) in [5, 5.41) is 4.64. The van der Waals surface area contributed by atoms with Gasteiger partial charge in [-0.1, -0.05) is 24.4 Å². The summed E-state index contributed by atoms with van der Waals surface area (Å²) in [4.78, 5) is 14.3. The van der Waals surface area contributed by atoms with E-state index in [9.17, 15) is 4.79 Å². The van der Waals surface area contributed by atoms with Gasteiger partial charge in [-0.25, -0.2) is 0 Å². The average Bonchev–Trinajstić information content (AvgIpc) is 2.77. The quantitative estimate of drug-likeness (QED) is 0.531. The van der Waals surface area contributed by atoms with Crippen molar-refractivity contribution in [2.75, 3.05) is 27.2 Å². The van der Waals surface area contributed by atoms with Gasteiger partial charge in [0.1, 0.15) is 5.69 Å². The van der Waals surface area contributed by atoms with E-state index in [-0.39, 0.29) is 5.78 Å². The fourth-order valence-corrected chi connectivity index (χ4v) is 2.25. The molecule has 1 aromatic heterocycles. The lowest BCUT2D eigenvalue weighted by Gasteiger charge is -2.11. The molecular weight excluding hydrogens is 276 g/mol. The summed E-state index contributed by atoms with van der Waals surface area (Å²) in [6, 6.07) is 0. The molecule has 0 aliphatic carbocycles. The van der Waals surface area contributed by atoms with Crippen molar-refractivity contribution >= 4 is 17.4 Å². The van der Waals surface area contributed by atoms with Gasteiger partial charge in [0.25, 0.3) is 0 Å². The first-order valence-electron chi connectivity index (χ1n) is 7.15. The lowest BCUT2D eigenvalue weighted by atomic mass is 10.1. The minimum absolute atomic E-state index is 0.0824. The summed E-state index contributed by atoms with van der Waals surface area (Å²) < 4.78 is 1.71. The van der Waals surface area contributed by atoms with Crippen molar-refractivity contribution in [3.8, 4) is 0 Å². The van der Waals surface area contributed by atoms with E-state index in [0.717, 1.165) is 38.8 Å². The molecule has 0 radical (unpaired) electrons. The second kappa shape index (κ2) is 9.10. The van der Waals surface area contributed by atoms with Gasteiger partial charge in [0.2, 0.25) is 0 Å². The Hall–Kier alpha value is -0.910. The first kappa shape index (κ1) is 17.1. The zero-order valence-electron chi connectivity index (χ0n) is 12.4. The molecule has 0 aliphatic rings. The molecule has 0 saturated carbocycles. The maximum atomic E-state index is 12.2. The summed E-state index contributed by atoms with van der Waals surface area (Å²) >= 11 is 6.08. The van der Waals surface area contributed by atoms with Gasteiger partial charge in [0.05, 0.1) is 17.8 Å². The molecule has 0 saturated heterocycles. The van der Waals surface area contributed by atoms with Crippen LogP contribution in [0, 0.1) is 0 Å². The van der Waals surface area contributed by atoms with Crippen LogP contribution < -0.4 is 5.73 Å². The molecule has 1 aromatic rings. The number of rotatable bonds is 10. The van der Waals surface area contributed by atoms with Gasteiger partial charge < -0.3 is 10.6 Å². The largest absolute Gasteiger partial charge is 0.330 e. The molecule has 0 unspecified atom stereocenters. The Labute approximate surface area is 126 Å². The van der Waals surface area contributed by atoms with Crippen LogP contribution in [0.4, 0.5) is 0 Å². The van der Waals surface area contributed by atoms with Gasteiger partial charge in [-0.05, 0) is 33.5 Å². The number of carbonyl (C=O) groups is 1. The summed E-state index contributed by atoms with van der Waals surface area (Å²) in [5.74, 6) is 0.0824. The second-order valence-electron chi connectivity index (χ2n) is 5.24. The molecule has 1 heterocycles. The summed E-state index contributed by atoms with van der Waals surface area (Å²) in [5.41, 5.74) is 5.99. The highest BCUT2D eigenvalue weighted by atomic mass is 35.5. The Bertz CT molecular complexity index is 417. The molecule has 0 aromatic carbocycles. The number of halogens is 1. The van der Waals surface area contributed by atoms with Crippen LogP contribution in [-0.4, -0.2) is 47.6 Å². The van der Waals surface area contributed by atoms with Crippen LogP contribution in [-0.2, 0) is 6.54 Å². The molecule has 0 spiro atoms. The Morgan fingerprint density at radius 1 is 1.35 bits per heavy atom. The van der Waals surface area contributed by atoms with Crippen LogP contribution in [0.5, 0.6) is 0 Å². The summed E-state index contributed by atoms with van der Waals surface area (Å²) in [6.45, 7) is 2.22. The normalized spacial score (nSPS) is 11.2. The SMILES string of the molecule is CN(C)CCn1ncc(Cl)c1C(=O)CCCCCCN. The number of Topliss-reactive ketones (excluding diaryl/α,β-unsaturated/α-hetero) is 1. The van der Waals surface area contributed by atoms with E-state index in [1.54, 1.807) is 10.9 Å². The number of unbranched alkanes of at least 4 members (excludes halogenated alkanes) is 3. The van der Waals surface area contributed by atoms with E-state index in [4.69, 9.17) is 17.3 Å². The maximum absolute atomic E-state index is 12.2. The molecule has 5 nitrogen and oxygen atoms in total. The van der Waals surface area contributed by atoms with Crippen molar-refractivity contribution in [1.82, 2.24) is 14.7 Å². The van der Waals surface area contributed by atoms with Gasteiger partial charge >= 0.3 is 0 Å². The fourth-order valence-electron chi connectivity index (χ4n) is 2.01. The second-order valence-corrected chi connectivity index (χ2v) is 5.65. The first-order valence-corrected chi connectivity index (χ1v) is 7.53. The number of carbonyl (C=O) groups excluding carboxylic acids is 1. The third-order valence-corrected chi connectivity index (χ3v) is 3.45. The highest BCUT2D eigenvalue weighted by molar-refractivity contribution is 6.33. The summed E-state index contributed by atoms with van der Waals surface area (Å²) in [6.07, 6.45) is 6.10. The van der Waals surface area contributed by atoms with Crippen molar-refractivity contribution in [3.63, 3.8) is 0 Å². The number of nitrogens with zero attached hydrogens (tertiary/aromatic N) is 3. The number of ketones is 1.